The average Bonchev–Trinajstić information content (AvgIpc) is 3.03. The molecule has 3 rings (SSSR count). The number of non-ortho nitro benzene ring substituents is 1. The van der Waals surface area contributed by atoms with Crippen LogP contribution in [0.3, 0.4) is 0 Å². The van der Waals surface area contributed by atoms with Crippen LogP contribution in [-0.2, 0) is 11.3 Å². The lowest BCUT2D eigenvalue weighted by Gasteiger charge is -2.06. The number of nitrogens with zero attached hydrogens (tertiary/aromatic N) is 1. The summed E-state index contributed by atoms with van der Waals surface area (Å²) in [6, 6.07) is 10.2. The fourth-order valence-corrected chi connectivity index (χ4v) is 3.20. The third kappa shape index (κ3) is 3.58. The number of hydrogen-bond acceptors (Lipinski definition) is 6. The zero-order chi connectivity index (χ0) is 18.0. The van der Waals surface area contributed by atoms with E-state index < -0.39 is 16.7 Å². The van der Waals surface area contributed by atoms with Crippen LogP contribution < -0.4 is 4.74 Å². The molecule has 0 aliphatic rings. The van der Waals surface area contributed by atoms with Gasteiger partial charge in [0.15, 0.2) is 11.6 Å². The highest BCUT2D eigenvalue weighted by Crippen LogP contribution is 2.29. The first-order valence-corrected chi connectivity index (χ1v) is 7.97. The topological polar surface area (TPSA) is 78.7 Å². The number of ether oxygens (including phenoxy) is 2. The molecule has 0 radical (unpaired) electrons. The molecular formula is C17H12FNO5S. The number of halogens is 1. The summed E-state index contributed by atoms with van der Waals surface area (Å²) in [6.07, 6.45) is 0. The van der Waals surface area contributed by atoms with Gasteiger partial charge in [-0.15, -0.1) is 11.3 Å². The van der Waals surface area contributed by atoms with E-state index in [1.165, 1.54) is 42.7 Å². The van der Waals surface area contributed by atoms with Crippen molar-refractivity contribution in [2.45, 2.75) is 6.61 Å². The molecule has 0 aliphatic carbocycles. The van der Waals surface area contributed by atoms with Gasteiger partial charge < -0.3 is 9.47 Å². The van der Waals surface area contributed by atoms with E-state index in [9.17, 15) is 19.3 Å². The number of fused-ring (bicyclic) bond motifs is 1. The molecule has 1 aromatic heterocycles. The molecule has 0 fully saturated rings. The summed E-state index contributed by atoms with van der Waals surface area (Å²) in [7, 11) is 1.36. The number of methoxy groups -OCH3 is 1. The molecule has 0 bridgehead atoms. The predicted molar refractivity (Wildman–Crippen MR) is 90.6 cm³/mol. The predicted octanol–water partition coefficient (Wildman–Crippen LogP) is 4.31. The van der Waals surface area contributed by atoms with Crippen LogP contribution in [0.1, 0.15) is 15.2 Å². The van der Waals surface area contributed by atoms with Gasteiger partial charge in [0.25, 0.3) is 5.69 Å². The molecule has 3 aromatic rings. The van der Waals surface area contributed by atoms with Gasteiger partial charge in [0.2, 0.25) is 0 Å². The molecule has 25 heavy (non-hydrogen) atoms. The minimum absolute atomic E-state index is 0.0427. The molecule has 0 saturated carbocycles. The van der Waals surface area contributed by atoms with Crippen molar-refractivity contribution >= 4 is 33.1 Å². The van der Waals surface area contributed by atoms with Crippen molar-refractivity contribution < 1.29 is 23.6 Å². The number of carbonyl (C=O) groups excluding carboxylic acids is 1. The van der Waals surface area contributed by atoms with Crippen molar-refractivity contribution in [1.29, 1.82) is 0 Å². The lowest BCUT2D eigenvalue weighted by atomic mass is 10.2. The number of nitro benzene ring substituents is 1. The molecule has 8 heteroatoms. The van der Waals surface area contributed by atoms with Crippen LogP contribution in [0.2, 0.25) is 0 Å². The highest BCUT2D eigenvalue weighted by Gasteiger charge is 2.15. The normalized spacial score (nSPS) is 10.6. The highest BCUT2D eigenvalue weighted by atomic mass is 32.1. The van der Waals surface area contributed by atoms with E-state index in [2.05, 4.69) is 0 Å². The molecule has 0 aliphatic heterocycles. The number of hydrogen-bond donors (Lipinski definition) is 0. The van der Waals surface area contributed by atoms with Gasteiger partial charge in [-0.25, -0.2) is 9.18 Å². The molecule has 0 saturated heterocycles. The summed E-state index contributed by atoms with van der Waals surface area (Å²) < 4.78 is 24.4. The Morgan fingerprint density at radius 1 is 1.24 bits per heavy atom. The van der Waals surface area contributed by atoms with Crippen LogP contribution in [0.25, 0.3) is 10.1 Å². The van der Waals surface area contributed by atoms with Crippen molar-refractivity contribution in [3.8, 4) is 5.75 Å². The first kappa shape index (κ1) is 16.8. The number of rotatable bonds is 5. The summed E-state index contributed by atoms with van der Waals surface area (Å²) in [5.74, 6) is -0.994. The standard InChI is InChI=1S/C17H12FNO5S/c1-23-14-4-2-10(6-13(14)18)9-24-17(20)16-8-11-7-12(19(21)22)3-5-15(11)25-16/h2-8H,9H2,1H3. The maximum atomic E-state index is 13.6. The van der Waals surface area contributed by atoms with Gasteiger partial charge >= 0.3 is 5.97 Å². The van der Waals surface area contributed by atoms with Crippen molar-refractivity contribution in [3.05, 3.63) is 68.8 Å². The quantitative estimate of drug-likeness (QED) is 0.384. The minimum atomic E-state index is -0.569. The largest absolute Gasteiger partial charge is 0.494 e. The fraction of sp³-hybridized carbons (Fsp3) is 0.118. The number of thiophene rings is 1. The van der Waals surface area contributed by atoms with Crippen LogP contribution >= 0.6 is 11.3 Å². The second-order valence-corrected chi connectivity index (χ2v) is 6.22. The van der Waals surface area contributed by atoms with E-state index in [1.54, 1.807) is 18.2 Å². The van der Waals surface area contributed by atoms with E-state index in [4.69, 9.17) is 9.47 Å². The molecule has 0 unspecified atom stereocenters. The lowest BCUT2D eigenvalue weighted by molar-refractivity contribution is -0.384. The maximum Gasteiger partial charge on any atom is 0.348 e. The van der Waals surface area contributed by atoms with Crippen molar-refractivity contribution in [2.24, 2.45) is 0 Å². The van der Waals surface area contributed by atoms with Gasteiger partial charge in [-0.2, -0.15) is 0 Å². The maximum absolute atomic E-state index is 13.6. The Bertz CT molecular complexity index is 969. The summed E-state index contributed by atoms with van der Waals surface area (Å²) in [5.41, 5.74) is 0.447. The van der Waals surface area contributed by atoms with Crippen LogP contribution in [-0.4, -0.2) is 18.0 Å². The summed E-state index contributed by atoms with van der Waals surface area (Å²) in [4.78, 5) is 22.8. The van der Waals surface area contributed by atoms with E-state index in [0.717, 1.165) is 4.70 Å². The summed E-state index contributed by atoms with van der Waals surface area (Å²) in [5, 5.41) is 11.4. The van der Waals surface area contributed by atoms with Crippen LogP contribution in [0.15, 0.2) is 42.5 Å². The molecule has 0 atom stereocenters. The van der Waals surface area contributed by atoms with Gasteiger partial charge in [-0.3, -0.25) is 10.1 Å². The third-order valence-electron chi connectivity index (χ3n) is 3.50. The Hall–Kier alpha value is -3.00. The van der Waals surface area contributed by atoms with Crippen LogP contribution in [0.4, 0.5) is 10.1 Å². The van der Waals surface area contributed by atoms with Crippen LogP contribution in [0, 0.1) is 15.9 Å². The van der Waals surface area contributed by atoms with Gasteiger partial charge in [0.1, 0.15) is 11.5 Å². The Morgan fingerprint density at radius 2 is 2.04 bits per heavy atom. The number of carbonyl (C=O) groups is 1. The SMILES string of the molecule is COc1ccc(COC(=O)c2cc3cc([N+](=O)[O-])ccc3s2)cc1F. The molecule has 2 aromatic carbocycles. The fourth-order valence-electron chi connectivity index (χ4n) is 2.26. The first-order chi connectivity index (χ1) is 12.0. The van der Waals surface area contributed by atoms with Gasteiger partial charge in [0.05, 0.1) is 12.0 Å². The molecule has 1 heterocycles. The van der Waals surface area contributed by atoms with E-state index in [1.807, 2.05) is 0 Å². The zero-order valence-electron chi connectivity index (χ0n) is 13.0. The van der Waals surface area contributed by atoms with Crippen molar-refractivity contribution in [1.82, 2.24) is 0 Å². The van der Waals surface area contributed by atoms with Crippen molar-refractivity contribution in [2.75, 3.05) is 7.11 Å². The monoisotopic (exact) mass is 361 g/mol. The number of nitro groups is 1. The van der Waals surface area contributed by atoms with Crippen molar-refractivity contribution in [3.63, 3.8) is 0 Å². The summed E-state index contributed by atoms with van der Waals surface area (Å²) >= 11 is 1.18. The summed E-state index contributed by atoms with van der Waals surface area (Å²) in [6.45, 7) is -0.0891. The molecule has 0 spiro atoms. The van der Waals surface area contributed by atoms with Gasteiger partial charge in [-0.05, 0) is 29.8 Å². The average molecular weight is 361 g/mol. The molecular weight excluding hydrogens is 349 g/mol. The molecule has 0 N–H and O–H groups in total. The second kappa shape index (κ2) is 6.86. The second-order valence-electron chi connectivity index (χ2n) is 5.13. The zero-order valence-corrected chi connectivity index (χ0v) is 13.8. The first-order valence-electron chi connectivity index (χ1n) is 7.15. The number of benzene rings is 2. The Kier molecular flexibility index (Phi) is 4.62. The Balaban J connectivity index is 1.73. The van der Waals surface area contributed by atoms with E-state index in [-0.39, 0.29) is 18.0 Å². The number of esters is 1. The van der Waals surface area contributed by atoms with E-state index in [0.29, 0.717) is 15.8 Å². The molecule has 0 amide bonds. The third-order valence-corrected chi connectivity index (χ3v) is 4.59. The van der Waals surface area contributed by atoms with E-state index >= 15 is 0 Å². The minimum Gasteiger partial charge on any atom is -0.494 e. The molecule has 6 nitrogen and oxygen atoms in total. The van der Waals surface area contributed by atoms with Crippen LogP contribution in [0.5, 0.6) is 5.75 Å². The van der Waals surface area contributed by atoms with Gasteiger partial charge in [-0.1, -0.05) is 6.07 Å². The highest BCUT2D eigenvalue weighted by molar-refractivity contribution is 7.20. The molecule has 128 valence electrons. The Labute approximate surface area is 145 Å². The van der Waals surface area contributed by atoms with Gasteiger partial charge in [0, 0.05) is 22.2 Å². The Morgan fingerprint density at radius 3 is 2.72 bits per heavy atom. The lowest BCUT2D eigenvalue weighted by Crippen LogP contribution is -2.03. The smallest absolute Gasteiger partial charge is 0.348 e.